The standard InChI is InChI=1S/C17H25N3O2S/c21-16(18-12-14-8-5-11-23-14)15-9-4-10-20(15)17(22)19-13-6-2-1-3-7-13/h5,8,11,13,15H,1-4,6-7,9-10,12H2,(H,18,21)(H,19,22)/t15-/m1/s1. The van der Waals surface area contributed by atoms with Gasteiger partial charge in [-0.15, -0.1) is 11.3 Å². The topological polar surface area (TPSA) is 61.4 Å². The first-order chi connectivity index (χ1) is 11.2. The first-order valence-electron chi connectivity index (χ1n) is 8.61. The number of rotatable bonds is 4. The number of likely N-dealkylation sites (tertiary alicyclic amines) is 1. The minimum Gasteiger partial charge on any atom is -0.349 e. The maximum atomic E-state index is 12.5. The number of hydrogen-bond acceptors (Lipinski definition) is 3. The van der Waals surface area contributed by atoms with E-state index in [4.69, 9.17) is 0 Å². The van der Waals surface area contributed by atoms with Crippen molar-refractivity contribution in [1.82, 2.24) is 15.5 Å². The molecule has 0 radical (unpaired) electrons. The summed E-state index contributed by atoms with van der Waals surface area (Å²) in [5.74, 6) is -0.0327. The molecular weight excluding hydrogens is 310 g/mol. The summed E-state index contributed by atoms with van der Waals surface area (Å²) < 4.78 is 0. The third kappa shape index (κ3) is 4.25. The molecule has 1 saturated heterocycles. The average molecular weight is 335 g/mol. The van der Waals surface area contributed by atoms with E-state index < -0.39 is 0 Å². The number of amides is 3. The third-order valence-electron chi connectivity index (χ3n) is 4.77. The number of hydrogen-bond donors (Lipinski definition) is 2. The van der Waals surface area contributed by atoms with Crippen molar-refractivity contribution in [2.75, 3.05) is 6.54 Å². The van der Waals surface area contributed by atoms with Crippen LogP contribution in [0, 0.1) is 0 Å². The molecule has 1 atom stereocenters. The molecule has 1 aliphatic carbocycles. The smallest absolute Gasteiger partial charge is 0.318 e. The molecule has 3 amide bonds. The summed E-state index contributed by atoms with van der Waals surface area (Å²) in [5.41, 5.74) is 0. The van der Waals surface area contributed by atoms with Gasteiger partial charge in [-0.05, 0) is 37.1 Å². The fourth-order valence-electron chi connectivity index (χ4n) is 3.49. The molecule has 2 fully saturated rings. The fourth-order valence-corrected chi connectivity index (χ4v) is 4.14. The average Bonchev–Trinajstić information content (AvgIpc) is 3.25. The van der Waals surface area contributed by atoms with Crippen molar-refractivity contribution in [2.24, 2.45) is 0 Å². The predicted octanol–water partition coefficient (Wildman–Crippen LogP) is 2.87. The van der Waals surface area contributed by atoms with Crippen LogP contribution in [0.1, 0.15) is 49.8 Å². The molecule has 2 heterocycles. The number of carbonyl (C=O) groups is 2. The first kappa shape index (κ1) is 16.3. The van der Waals surface area contributed by atoms with Gasteiger partial charge in [0.1, 0.15) is 6.04 Å². The molecule has 2 N–H and O–H groups in total. The molecule has 5 nitrogen and oxygen atoms in total. The molecule has 3 rings (SSSR count). The van der Waals surface area contributed by atoms with E-state index in [1.54, 1.807) is 16.2 Å². The quantitative estimate of drug-likeness (QED) is 0.889. The van der Waals surface area contributed by atoms with E-state index in [-0.39, 0.29) is 24.0 Å². The lowest BCUT2D eigenvalue weighted by Crippen LogP contribution is -2.51. The molecule has 1 aromatic heterocycles. The van der Waals surface area contributed by atoms with Gasteiger partial charge in [-0.25, -0.2) is 4.79 Å². The molecule has 2 aliphatic rings. The second kappa shape index (κ2) is 7.81. The minimum atomic E-state index is -0.321. The summed E-state index contributed by atoms with van der Waals surface area (Å²) in [6.45, 7) is 1.22. The Morgan fingerprint density at radius 2 is 2.00 bits per heavy atom. The molecule has 126 valence electrons. The van der Waals surface area contributed by atoms with Crippen LogP contribution >= 0.6 is 11.3 Å². The minimum absolute atomic E-state index is 0.0327. The van der Waals surface area contributed by atoms with Crippen LogP contribution in [0.4, 0.5) is 4.79 Å². The van der Waals surface area contributed by atoms with E-state index in [1.807, 2.05) is 17.5 Å². The summed E-state index contributed by atoms with van der Waals surface area (Å²) >= 11 is 1.63. The highest BCUT2D eigenvalue weighted by Crippen LogP contribution is 2.21. The van der Waals surface area contributed by atoms with Crippen molar-refractivity contribution in [3.63, 3.8) is 0 Å². The van der Waals surface area contributed by atoms with E-state index >= 15 is 0 Å². The second-order valence-electron chi connectivity index (χ2n) is 6.43. The van der Waals surface area contributed by atoms with Gasteiger partial charge in [0, 0.05) is 17.5 Å². The van der Waals surface area contributed by atoms with Crippen molar-refractivity contribution in [3.05, 3.63) is 22.4 Å². The van der Waals surface area contributed by atoms with Gasteiger partial charge in [0.05, 0.1) is 6.54 Å². The van der Waals surface area contributed by atoms with E-state index in [0.717, 1.165) is 30.6 Å². The zero-order chi connectivity index (χ0) is 16.1. The van der Waals surface area contributed by atoms with E-state index in [9.17, 15) is 9.59 Å². The largest absolute Gasteiger partial charge is 0.349 e. The van der Waals surface area contributed by atoms with Gasteiger partial charge in [0.25, 0.3) is 0 Å². The van der Waals surface area contributed by atoms with Crippen molar-refractivity contribution >= 4 is 23.3 Å². The molecular formula is C17H25N3O2S. The zero-order valence-electron chi connectivity index (χ0n) is 13.4. The van der Waals surface area contributed by atoms with Crippen LogP contribution in [0.25, 0.3) is 0 Å². The SMILES string of the molecule is O=C(NCc1cccs1)[C@H]1CCCN1C(=O)NC1CCCCC1. The highest BCUT2D eigenvalue weighted by atomic mass is 32.1. The van der Waals surface area contributed by atoms with Gasteiger partial charge >= 0.3 is 6.03 Å². The Balaban J connectivity index is 1.51. The van der Waals surface area contributed by atoms with Gasteiger partial charge in [0.15, 0.2) is 0 Å². The van der Waals surface area contributed by atoms with Gasteiger partial charge < -0.3 is 15.5 Å². The van der Waals surface area contributed by atoms with E-state index in [0.29, 0.717) is 13.1 Å². The third-order valence-corrected chi connectivity index (χ3v) is 5.64. The van der Waals surface area contributed by atoms with Crippen LogP contribution in [0.15, 0.2) is 17.5 Å². The van der Waals surface area contributed by atoms with Crippen LogP contribution < -0.4 is 10.6 Å². The molecule has 0 unspecified atom stereocenters. The van der Waals surface area contributed by atoms with Crippen LogP contribution in [0.3, 0.4) is 0 Å². The molecule has 0 aromatic carbocycles. The fraction of sp³-hybridized carbons (Fsp3) is 0.647. The molecule has 0 spiro atoms. The molecule has 1 aliphatic heterocycles. The number of nitrogens with one attached hydrogen (secondary N) is 2. The maximum Gasteiger partial charge on any atom is 0.318 e. The number of thiophene rings is 1. The van der Waals surface area contributed by atoms with Crippen molar-refractivity contribution < 1.29 is 9.59 Å². The summed E-state index contributed by atoms with van der Waals surface area (Å²) in [6, 6.07) is 3.88. The monoisotopic (exact) mass is 335 g/mol. The van der Waals surface area contributed by atoms with Gasteiger partial charge in [-0.3, -0.25) is 4.79 Å². The summed E-state index contributed by atoms with van der Waals surface area (Å²) in [7, 11) is 0. The Bertz CT molecular complexity index is 526. The molecule has 6 heteroatoms. The number of urea groups is 1. The van der Waals surface area contributed by atoms with Crippen LogP contribution in [-0.2, 0) is 11.3 Å². The molecule has 1 saturated carbocycles. The molecule has 0 bridgehead atoms. The number of nitrogens with zero attached hydrogens (tertiary/aromatic N) is 1. The Hall–Kier alpha value is -1.56. The normalized spacial score (nSPS) is 22.1. The van der Waals surface area contributed by atoms with E-state index in [1.165, 1.54) is 19.3 Å². The zero-order valence-corrected chi connectivity index (χ0v) is 14.2. The second-order valence-corrected chi connectivity index (χ2v) is 7.47. The van der Waals surface area contributed by atoms with Crippen molar-refractivity contribution in [1.29, 1.82) is 0 Å². The van der Waals surface area contributed by atoms with Gasteiger partial charge in [0.2, 0.25) is 5.91 Å². The highest BCUT2D eigenvalue weighted by molar-refractivity contribution is 7.09. The first-order valence-corrected chi connectivity index (χ1v) is 9.49. The Morgan fingerprint density at radius 3 is 2.74 bits per heavy atom. The van der Waals surface area contributed by atoms with Crippen LogP contribution in [0.5, 0.6) is 0 Å². The summed E-state index contributed by atoms with van der Waals surface area (Å²) in [6.07, 6.45) is 7.43. The Labute approximate surface area is 141 Å². The Kier molecular flexibility index (Phi) is 5.54. The predicted molar refractivity (Wildman–Crippen MR) is 91.3 cm³/mol. The summed E-state index contributed by atoms with van der Waals surface area (Å²) in [5, 5.41) is 8.09. The Morgan fingerprint density at radius 1 is 1.17 bits per heavy atom. The maximum absolute atomic E-state index is 12.5. The van der Waals surface area contributed by atoms with E-state index in [2.05, 4.69) is 10.6 Å². The van der Waals surface area contributed by atoms with Crippen LogP contribution in [0.2, 0.25) is 0 Å². The lowest BCUT2D eigenvalue weighted by molar-refractivity contribution is -0.124. The van der Waals surface area contributed by atoms with Gasteiger partial charge in [-0.2, -0.15) is 0 Å². The molecule has 1 aromatic rings. The molecule has 23 heavy (non-hydrogen) atoms. The van der Waals surface area contributed by atoms with Crippen molar-refractivity contribution in [2.45, 2.75) is 63.6 Å². The summed E-state index contributed by atoms with van der Waals surface area (Å²) in [4.78, 5) is 27.8. The number of carbonyl (C=O) groups excluding carboxylic acids is 2. The van der Waals surface area contributed by atoms with Crippen molar-refractivity contribution in [3.8, 4) is 0 Å². The highest BCUT2D eigenvalue weighted by Gasteiger charge is 2.34. The lowest BCUT2D eigenvalue weighted by Gasteiger charge is -2.29. The van der Waals surface area contributed by atoms with Gasteiger partial charge in [-0.1, -0.05) is 25.3 Å². The lowest BCUT2D eigenvalue weighted by atomic mass is 9.96. The van der Waals surface area contributed by atoms with Crippen LogP contribution in [-0.4, -0.2) is 35.5 Å².